The first kappa shape index (κ1) is 19.5. The smallest absolute Gasteiger partial charge is 0.331 e. The fourth-order valence-electron chi connectivity index (χ4n) is 3.00. The lowest BCUT2D eigenvalue weighted by atomic mass is 9.99. The molecule has 4 nitrogen and oxygen atoms in total. The van der Waals surface area contributed by atoms with Gasteiger partial charge in [-0.3, -0.25) is 4.79 Å². The summed E-state index contributed by atoms with van der Waals surface area (Å²) in [5, 5.41) is 0.949. The number of benzene rings is 2. The Morgan fingerprint density at radius 1 is 1.15 bits per heavy atom. The third-order valence-electron chi connectivity index (χ3n) is 4.44. The van der Waals surface area contributed by atoms with Gasteiger partial charge >= 0.3 is 5.97 Å². The summed E-state index contributed by atoms with van der Waals surface area (Å²) in [5.74, 6) is -0.796. The molecule has 3 rings (SSSR count). The molecule has 0 spiro atoms. The van der Waals surface area contributed by atoms with Crippen LogP contribution in [0.25, 0.3) is 6.08 Å². The van der Waals surface area contributed by atoms with E-state index in [0.29, 0.717) is 28.7 Å². The summed E-state index contributed by atoms with van der Waals surface area (Å²) in [6.07, 6.45) is 2.74. The maximum Gasteiger partial charge on any atom is 0.331 e. The Hall–Kier alpha value is -2.30. The number of carbonyl (C=O) groups is 2. The summed E-state index contributed by atoms with van der Waals surface area (Å²) in [6, 6.07) is 13.0. The van der Waals surface area contributed by atoms with Crippen LogP contribution >= 0.6 is 23.2 Å². The van der Waals surface area contributed by atoms with Crippen LogP contribution in [0.15, 0.2) is 48.5 Å². The summed E-state index contributed by atoms with van der Waals surface area (Å²) in [6.45, 7) is 2.74. The van der Waals surface area contributed by atoms with Crippen LogP contribution in [0.3, 0.4) is 0 Å². The second kappa shape index (κ2) is 8.59. The standard InChI is InChI=1S/C21H19Cl2NO3/c1-14(21(26)24-11-10-15-4-2-3-5-17(15)13-24)27-20(25)9-7-16-6-8-18(22)12-19(16)23/h2-9,12,14H,10-11,13H2,1H3/b9-7+/t14-/m0/s1. The Balaban J connectivity index is 1.58. The van der Waals surface area contributed by atoms with Crippen LogP contribution in [0.5, 0.6) is 0 Å². The van der Waals surface area contributed by atoms with Gasteiger partial charge in [-0.1, -0.05) is 53.5 Å². The van der Waals surface area contributed by atoms with E-state index in [1.807, 2.05) is 18.2 Å². The average Bonchev–Trinajstić information content (AvgIpc) is 2.66. The molecule has 6 heteroatoms. The maximum atomic E-state index is 12.6. The molecular weight excluding hydrogens is 385 g/mol. The normalized spacial score (nSPS) is 14.7. The number of hydrogen-bond donors (Lipinski definition) is 0. The first-order chi connectivity index (χ1) is 12.9. The second-order valence-corrected chi connectivity index (χ2v) is 7.20. The Labute approximate surface area is 168 Å². The van der Waals surface area contributed by atoms with Crippen LogP contribution in [0, 0.1) is 0 Å². The highest BCUT2D eigenvalue weighted by Gasteiger charge is 2.26. The first-order valence-electron chi connectivity index (χ1n) is 8.63. The topological polar surface area (TPSA) is 46.6 Å². The van der Waals surface area contributed by atoms with Crippen molar-refractivity contribution < 1.29 is 14.3 Å². The fourth-order valence-corrected chi connectivity index (χ4v) is 3.47. The Bertz CT molecular complexity index is 895. The summed E-state index contributed by atoms with van der Waals surface area (Å²) in [5.41, 5.74) is 3.03. The quantitative estimate of drug-likeness (QED) is 0.556. The lowest BCUT2D eigenvalue weighted by Gasteiger charge is -2.30. The fraction of sp³-hybridized carbons (Fsp3) is 0.238. The summed E-state index contributed by atoms with van der Waals surface area (Å²) >= 11 is 11.9. The van der Waals surface area contributed by atoms with Gasteiger partial charge in [0.15, 0.2) is 6.10 Å². The van der Waals surface area contributed by atoms with Crippen LogP contribution < -0.4 is 0 Å². The molecule has 1 heterocycles. The Kier molecular flexibility index (Phi) is 6.19. The van der Waals surface area contributed by atoms with Gasteiger partial charge < -0.3 is 9.64 Å². The van der Waals surface area contributed by atoms with E-state index < -0.39 is 12.1 Å². The Morgan fingerprint density at radius 3 is 2.63 bits per heavy atom. The molecule has 0 unspecified atom stereocenters. The maximum absolute atomic E-state index is 12.6. The second-order valence-electron chi connectivity index (χ2n) is 6.36. The number of carbonyl (C=O) groups excluding carboxylic acids is 2. The van der Waals surface area contributed by atoms with Gasteiger partial charge in [-0.15, -0.1) is 0 Å². The van der Waals surface area contributed by atoms with Crippen molar-refractivity contribution >= 4 is 41.2 Å². The molecule has 1 aliphatic rings. The molecule has 2 aromatic carbocycles. The summed E-state index contributed by atoms with van der Waals surface area (Å²) in [7, 11) is 0. The molecule has 0 bridgehead atoms. The van der Waals surface area contributed by atoms with Crippen molar-refractivity contribution in [2.24, 2.45) is 0 Å². The zero-order valence-electron chi connectivity index (χ0n) is 14.8. The zero-order valence-corrected chi connectivity index (χ0v) is 16.3. The first-order valence-corrected chi connectivity index (χ1v) is 9.39. The van der Waals surface area contributed by atoms with Crippen molar-refractivity contribution in [3.63, 3.8) is 0 Å². The highest BCUT2D eigenvalue weighted by Crippen LogP contribution is 2.22. The van der Waals surface area contributed by atoms with Gasteiger partial charge in [0.05, 0.1) is 0 Å². The molecule has 0 saturated carbocycles. The highest BCUT2D eigenvalue weighted by molar-refractivity contribution is 6.35. The van der Waals surface area contributed by atoms with Gasteiger partial charge in [0, 0.05) is 29.2 Å². The molecule has 2 aromatic rings. The van der Waals surface area contributed by atoms with E-state index >= 15 is 0 Å². The van der Waals surface area contributed by atoms with Crippen molar-refractivity contribution in [2.75, 3.05) is 6.54 Å². The van der Waals surface area contributed by atoms with Gasteiger partial charge in [0.25, 0.3) is 5.91 Å². The van der Waals surface area contributed by atoms with Gasteiger partial charge in [0.2, 0.25) is 0 Å². The van der Waals surface area contributed by atoms with E-state index in [9.17, 15) is 9.59 Å². The number of nitrogens with zero attached hydrogens (tertiary/aromatic N) is 1. The van der Waals surface area contributed by atoms with E-state index in [1.165, 1.54) is 17.7 Å². The van der Waals surface area contributed by atoms with Crippen LogP contribution in [-0.4, -0.2) is 29.4 Å². The number of halogens is 2. The largest absolute Gasteiger partial charge is 0.449 e. The van der Waals surface area contributed by atoms with Crippen molar-refractivity contribution in [3.05, 3.63) is 75.3 Å². The molecule has 1 amide bonds. The van der Waals surface area contributed by atoms with Crippen LogP contribution in [0.4, 0.5) is 0 Å². The highest BCUT2D eigenvalue weighted by atomic mass is 35.5. The van der Waals surface area contributed by atoms with Gasteiger partial charge in [-0.05, 0) is 48.2 Å². The van der Waals surface area contributed by atoms with E-state index in [2.05, 4.69) is 6.07 Å². The molecule has 0 N–H and O–H groups in total. The van der Waals surface area contributed by atoms with Gasteiger partial charge in [-0.25, -0.2) is 4.79 Å². The minimum atomic E-state index is -0.854. The number of fused-ring (bicyclic) bond motifs is 1. The van der Waals surface area contributed by atoms with E-state index in [-0.39, 0.29) is 5.91 Å². The van der Waals surface area contributed by atoms with Gasteiger partial charge in [0.1, 0.15) is 0 Å². The van der Waals surface area contributed by atoms with Crippen LogP contribution in [0.1, 0.15) is 23.6 Å². The molecule has 140 valence electrons. The van der Waals surface area contributed by atoms with E-state index in [4.69, 9.17) is 27.9 Å². The molecule has 27 heavy (non-hydrogen) atoms. The number of hydrogen-bond acceptors (Lipinski definition) is 3. The molecule has 1 atom stereocenters. The summed E-state index contributed by atoms with van der Waals surface area (Å²) < 4.78 is 5.25. The molecule has 0 fully saturated rings. The van der Waals surface area contributed by atoms with Crippen molar-refractivity contribution in [3.8, 4) is 0 Å². The minimum absolute atomic E-state index is 0.198. The van der Waals surface area contributed by atoms with Crippen molar-refractivity contribution in [1.82, 2.24) is 4.90 Å². The van der Waals surface area contributed by atoms with Crippen molar-refractivity contribution in [2.45, 2.75) is 26.0 Å². The minimum Gasteiger partial charge on any atom is -0.449 e. The van der Waals surface area contributed by atoms with E-state index in [1.54, 1.807) is 30.0 Å². The predicted octanol–water partition coefficient (Wildman–Crippen LogP) is 4.52. The molecule has 0 radical (unpaired) electrons. The number of amides is 1. The van der Waals surface area contributed by atoms with Crippen molar-refractivity contribution in [1.29, 1.82) is 0 Å². The lowest BCUT2D eigenvalue weighted by molar-refractivity contribution is -0.155. The number of ether oxygens (including phenoxy) is 1. The Morgan fingerprint density at radius 2 is 1.89 bits per heavy atom. The summed E-state index contributed by atoms with van der Waals surface area (Å²) in [4.78, 5) is 26.4. The molecule has 1 aliphatic heterocycles. The SMILES string of the molecule is C[C@H](OC(=O)/C=C/c1ccc(Cl)cc1Cl)C(=O)N1CCc2ccccc2C1. The molecule has 0 aliphatic carbocycles. The molecule has 0 saturated heterocycles. The van der Waals surface area contributed by atoms with E-state index in [0.717, 1.165) is 12.0 Å². The third-order valence-corrected chi connectivity index (χ3v) is 5.01. The lowest BCUT2D eigenvalue weighted by Crippen LogP contribution is -2.42. The third kappa shape index (κ3) is 4.90. The van der Waals surface area contributed by atoms with Crippen LogP contribution in [-0.2, 0) is 27.3 Å². The number of esters is 1. The van der Waals surface area contributed by atoms with Crippen LogP contribution in [0.2, 0.25) is 10.0 Å². The molecule has 0 aromatic heterocycles. The molecular formula is C21H19Cl2NO3. The predicted molar refractivity (Wildman–Crippen MR) is 107 cm³/mol. The average molecular weight is 404 g/mol. The number of rotatable bonds is 4. The van der Waals surface area contributed by atoms with Gasteiger partial charge in [-0.2, -0.15) is 0 Å². The zero-order chi connectivity index (χ0) is 19.4. The monoisotopic (exact) mass is 403 g/mol.